The summed E-state index contributed by atoms with van der Waals surface area (Å²) in [5.41, 5.74) is 8.92. The van der Waals surface area contributed by atoms with Gasteiger partial charge in [-0.1, -0.05) is 24.3 Å². The normalized spacial score (nSPS) is 14.9. The fraction of sp³-hybridized carbons (Fsp3) is 0.300. The topological polar surface area (TPSA) is 78.7 Å². The number of primary amides is 1. The second-order valence-electron chi connectivity index (χ2n) is 6.56. The van der Waals surface area contributed by atoms with Gasteiger partial charge in [0.25, 0.3) is 5.91 Å². The van der Waals surface area contributed by atoms with Crippen molar-refractivity contribution in [3.8, 4) is 0 Å². The Labute approximate surface area is 153 Å². The van der Waals surface area contributed by atoms with Crippen LogP contribution < -0.4 is 11.1 Å². The van der Waals surface area contributed by atoms with E-state index in [0.29, 0.717) is 24.3 Å². The lowest BCUT2D eigenvalue weighted by atomic mass is 10.1. The van der Waals surface area contributed by atoms with Gasteiger partial charge >= 0.3 is 6.03 Å². The van der Waals surface area contributed by atoms with Gasteiger partial charge in [0.2, 0.25) is 0 Å². The van der Waals surface area contributed by atoms with Crippen molar-refractivity contribution in [1.82, 2.24) is 9.80 Å². The summed E-state index contributed by atoms with van der Waals surface area (Å²) >= 11 is 0. The van der Waals surface area contributed by atoms with Gasteiger partial charge in [0.15, 0.2) is 0 Å². The van der Waals surface area contributed by atoms with Gasteiger partial charge in [-0.2, -0.15) is 0 Å². The van der Waals surface area contributed by atoms with Crippen molar-refractivity contribution in [2.75, 3.05) is 31.5 Å². The van der Waals surface area contributed by atoms with Crippen LogP contribution in [0.15, 0.2) is 48.5 Å². The molecule has 0 unspecified atom stereocenters. The predicted octanol–water partition coefficient (Wildman–Crippen LogP) is 2.44. The number of carbonyl (C=O) groups is 2. The van der Waals surface area contributed by atoms with E-state index in [0.717, 1.165) is 19.6 Å². The Balaban J connectivity index is 1.55. The number of anilines is 1. The smallest absolute Gasteiger partial charge is 0.316 e. The van der Waals surface area contributed by atoms with Crippen molar-refractivity contribution in [1.29, 1.82) is 0 Å². The summed E-state index contributed by atoms with van der Waals surface area (Å²) in [7, 11) is 0. The summed E-state index contributed by atoms with van der Waals surface area (Å²) < 4.78 is 0. The summed E-state index contributed by atoms with van der Waals surface area (Å²) in [6.07, 6.45) is 0. The number of nitrogens with one attached hydrogen (secondary N) is 1. The van der Waals surface area contributed by atoms with Crippen LogP contribution >= 0.6 is 0 Å². The van der Waals surface area contributed by atoms with Gasteiger partial charge in [0.1, 0.15) is 0 Å². The number of nitrogens with two attached hydrogens (primary N) is 1. The van der Waals surface area contributed by atoms with Gasteiger partial charge in [-0.05, 0) is 42.3 Å². The molecular weight excluding hydrogens is 328 g/mol. The third kappa shape index (κ3) is 4.40. The molecular formula is C20H24N4O2. The fourth-order valence-corrected chi connectivity index (χ4v) is 3.16. The Kier molecular flexibility index (Phi) is 5.53. The van der Waals surface area contributed by atoms with Crippen LogP contribution in [0.5, 0.6) is 0 Å². The summed E-state index contributed by atoms with van der Waals surface area (Å²) in [6, 6.07) is 14.6. The molecule has 1 aliphatic rings. The van der Waals surface area contributed by atoms with Crippen LogP contribution in [0.2, 0.25) is 0 Å². The number of urea groups is 1. The second-order valence-corrected chi connectivity index (χ2v) is 6.56. The molecule has 2 aromatic rings. The van der Waals surface area contributed by atoms with Crippen LogP contribution in [0.1, 0.15) is 21.5 Å². The van der Waals surface area contributed by atoms with Crippen molar-refractivity contribution in [3.63, 3.8) is 0 Å². The molecule has 3 N–H and O–H groups in total. The molecule has 0 bridgehead atoms. The molecule has 1 fully saturated rings. The highest BCUT2D eigenvalue weighted by Gasteiger charge is 2.22. The molecule has 136 valence electrons. The largest absolute Gasteiger partial charge is 0.351 e. The highest BCUT2D eigenvalue weighted by molar-refractivity contribution is 5.95. The van der Waals surface area contributed by atoms with Gasteiger partial charge in [0.05, 0.1) is 0 Å². The monoisotopic (exact) mass is 352 g/mol. The molecule has 0 saturated carbocycles. The molecule has 0 aliphatic carbocycles. The Hall–Kier alpha value is -2.86. The molecule has 3 amide bonds. The number of hydrogen-bond acceptors (Lipinski definition) is 3. The number of carbonyl (C=O) groups excluding carboxylic acids is 2. The first-order valence-corrected chi connectivity index (χ1v) is 8.75. The van der Waals surface area contributed by atoms with Crippen LogP contribution in [-0.2, 0) is 6.54 Å². The lowest BCUT2D eigenvalue weighted by Crippen LogP contribution is -2.48. The molecule has 0 spiro atoms. The summed E-state index contributed by atoms with van der Waals surface area (Å²) in [5, 5.41) is 2.49. The summed E-state index contributed by atoms with van der Waals surface area (Å²) in [6.45, 7) is 6.20. The van der Waals surface area contributed by atoms with Crippen molar-refractivity contribution in [2.45, 2.75) is 13.5 Å². The zero-order valence-corrected chi connectivity index (χ0v) is 14.9. The molecule has 1 aliphatic heterocycles. The molecule has 0 atom stereocenters. The first kappa shape index (κ1) is 17.9. The minimum Gasteiger partial charge on any atom is -0.351 e. The first-order chi connectivity index (χ1) is 12.5. The van der Waals surface area contributed by atoms with Gasteiger partial charge < -0.3 is 16.0 Å². The minimum atomic E-state index is -0.617. The lowest BCUT2D eigenvalue weighted by Gasteiger charge is -2.35. The maximum atomic E-state index is 12.6. The van der Waals surface area contributed by atoms with E-state index in [1.54, 1.807) is 24.3 Å². The van der Waals surface area contributed by atoms with Crippen LogP contribution in [0.25, 0.3) is 0 Å². The van der Waals surface area contributed by atoms with Crippen LogP contribution in [0, 0.1) is 6.92 Å². The number of rotatable bonds is 4. The average molecular weight is 352 g/mol. The van der Waals surface area contributed by atoms with Crippen molar-refractivity contribution in [2.24, 2.45) is 5.73 Å². The van der Waals surface area contributed by atoms with Gasteiger partial charge in [-0.15, -0.1) is 0 Å². The molecule has 2 aromatic carbocycles. The standard InChI is InChI=1S/C20H24N4O2/c1-15-4-2-3-5-17(15)14-23-10-12-24(13-11-23)19(25)16-6-8-18(9-7-16)22-20(21)26/h2-9H,10-14H2,1H3,(H3,21,22,26). The first-order valence-electron chi connectivity index (χ1n) is 8.75. The number of piperazine rings is 1. The van der Waals surface area contributed by atoms with E-state index in [9.17, 15) is 9.59 Å². The predicted molar refractivity (Wildman–Crippen MR) is 102 cm³/mol. The molecule has 6 heteroatoms. The summed E-state index contributed by atoms with van der Waals surface area (Å²) in [5.74, 6) is 0.0196. The van der Waals surface area contributed by atoms with E-state index in [-0.39, 0.29) is 5.91 Å². The lowest BCUT2D eigenvalue weighted by molar-refractivity contribution is 0.0628. The number of hydrogen-bond donors (Lipinski definition) is 2. The molecule has 0 aromatic heterocycles. The SMILES string of the molecule is Cc1ccccc1CN1CCN(C(=O)c2ccc(NC(N)=O)cc2)CC1. The van der Waals surface area contributed by atoms with Crippen LogP contribution in [0.3, 0.4) is 0 Å². The zero-order valence-electron chi connectivity index (χ0n) is 14.9. The van der Waals surface area contributed by atoms with Crippen LogP contribution in [-0.4, -0.2) is 47.9 Å². The van der Waals surface area contributed by atoms with Crippen LogP contribution in [0.4, 0.5) is 10.5 Å². The summed E-state index contributed by atoms with van der Waals surface area (Å²) in [4.78, 5) is 27.8. The molecule has 6 nitrogen and oxygen atoms in total. The van der Waals surface area contributed by atoms with E-state index in [1.165, 1.54) is 11.1 Å². The Morgan fingerprint density at radius 2 is 1.65 bits per heavy atom. The van der Waals surface area contributed by atoms with E-state index in [1.807, 2.05) is 4.90 Å². The van der Waals surface area contributed by atoms with E-state index >= 15 is 0 Å². The average Bonchev–Trinajstić information content (AvgIpc) is 2.64. The zero-order chi connectivity index (χ0) is 18.5. The Morgan fingerprint density at radius 1 is 1.00 bits per heavy atom. The van der Waals surface area contributed by atoms with Gasteiger partial charge in [0, 0.05) is 44.0 Å². The molecule has 1 saturated heterocycles. The number of nitrogens with zero attached hydrogens (tertiary/aromatic N) is 2. The van der Waals surface area contributed by atoms with E-state index < -0.39 is 6.03 Å². The minimum absolute atomic E-state index is 0.0196. The van der Waals surface area contributed by atoms with Gasteiger partial charge in [-0.3, -0.25) is 9.69 Å². The molecule has 26 heavy (non-hydrogen) atoms. The highest BCUT2D eigenvalue weighted by Crippen LogP contribution is 2.15. The molecule has 1 heterocycles. The molecule has 3 rings (SSSR count). The molecule has 0 radical (unpaired) electrons. The third-order valence-corrected chi connectivity index (χ3v) is 4.71. The van der Waals surface area contributed by atoms with Gasteiger partial charge in [-0.25, -0.2) is 4.79 Å². The second kappa shape index (κ2) is 8.01. The third-order valence-electron chi connectivity index (χ3n) is 4.71. The number of benzene rings is 2. The van der Waals surface area contributed by atoms with Crippen molar-refractivity contribution in [3.05, 3.63) is 65.2 Å². The number of amides is 3. The van der Waals surface area contributed by atoms with Crippen molar-refractivity contribution < 1.29 is 9.59 Å². The van der Waals surface area contributed by atoms with E-state index in [4.69, 9.17) is 5.73 Å². The van der Waals surface area contributed by atoms with Crippen molar-refractivity contribution >= 4 is 17.6 Å². The maximum absolute atomic E-state index is 12.6. The van der Waals surface area contributed by atoms with E-state index in [2.05, 4.69) is 41.4 Å². The number of aryl methyl sites for hydroxylation is 1. The fourth-order valence-electron chi connectivity index (χ4n) is 3.16. The quantitative estimate of drug-likeness (QED) is 0.887. The maximum Gasteiger partial charge on any atom is 0.316 e. The Bertz CT molecular complexity index is 781. The Morgan fingerprint density at radius 3 is 2.27 bits per heavy atom. The highest BCUT2D eigenvalue weighted by atomic mass is 16.2.